The Balaban J connectivity index is 0.969. The molecule has 3 aliphatic carbocycles. The van der Waals surface area contributed by atoms with Gasteiger partial charge in [-0.1, -0.05) is 186 Å². The van der Waals surface area contributed by atoms with Crippen molar-refractivity contribution in [2.75, 3.05) is 4.90 Å². The quantitative estimate of drug-likeness (QED) is 0.155. The molecule has 0 saturated heterocycles. The van der Waals surface area contributed by atoms with E-state index in [1.165, 1.54) is 138 Å². The summed E-state index contributed by atoms with van der Waals surface area (Å²) >= 11 is 0. The van der Waals surface area contributed by atoms with Crippen LogP contribution in [-0.2, 0) is 10.8 Å². The highest BCUT2D eigenvalue weighted by molar-refractivity contribution is 5.98. The van der Waals surface area contributed by atoms with E-state index in [9.17, 15) is 0 Å². The van der Waals surface area contributed by atoms with Gasteiger partial charge in [-0.15, -0.1) is 0 Å². The monoisotopic (exact) mass is 837 g/mol. The van der Waals surface area contributed by atoms with E-state index in [0.29, 0.717) is 5.92 Å². The first-order valence-electron chi connectivity index (χ1n) is 23.9. The van der Waals surface area contributed by atoms with Gasteiger partial charge in [0.05, 0.1) is 0 Å². The Hall–Kier alpha value is -6.96. The predicted octanol–water partition coefficient (Wildman–Crippen LogP) is 18.0. The summed E-state index contributed by atoms with van der Waals surface area (Å²) in [6, 6.07) is 73.5. The van der Waals surface area contributed by atoms with Gasteiger partial charge in [-0.25, -0.2) is 0 Å². The van der Waals surface area contributed by atoms with Crippen LogP contribution < -0.4 is 4.90 Å². The third-order valence-electron chi connectivity index (χ3n) is 15.5. The number of anilines is 3. The highest BCUT2D eigenvalue weighted by Gasteiger charge is 2.39. The average Bonchev–Trinajstić information content (AvgIpc) is 3.73. The van der Waals surface area contributed by atoms with Crippen LogP contribution in [0.2, 0.25) is 0 Å². The van der Waals surface area contributed by atoms with E-state index < -0.39 is 0 Å². The first-order chi connectivity index (χ1) is 31.7. The zero-order valence-corrected chi connectivity index (χ0v) is 38.0. The van der Waals surface area contributed by atoms with Gasteiger partial charge >= 0.3 is 0 Å². The van der Waals surface area contributed by atoms with E-state index in [1.807, 2.05) is 0 Å². The standard InChI is InChI=1S/C64H55N/c1-63(2)58-24-14-13-22-53(58)57-40-48(30-37-59(57)63)52-23-15-25-60-62(52)54-36-35-51(41-61(54)64(60,3)4)65(49-31-26-43(27-32-49)42-16-7-5-8-17-42)50-33-28-45(29-34-50)56-39-47-21-12-11-20-46(47)38-55(56)44-18-9-6-10-19-44/h6,9-15,18-42H,5,7-8,16-17H2,1-4H3. The maximum absolute atomic E-state index is 2.49. The Morgan fingerprint density at radius 2 is 0.908 bits per heavy atom. The predicted molar refractivity (Wildman–Crippen MR) is 276 cm³/mol. The highest BCUT2D eigenvalue weighted by atomic mass is 15.1. The van der Waals surface area contributed by atoms with Crippen molar-refractivity contribution in [2.24, 2.45) is 0 Å². The van der Waals surface area contributed by atoms with Crippen molar-refractivity contribution >= 4 is 27.8 Å². The normalized spacial score (nSPS) is 15.6. The van der Waals surface area contributed by atoms with Crippen molar-refractivity contribution in [1.29, 1.82) is 0 Å². The summed E-state index contributed by atoms with van der Waals surface area (Å²) in [4.78, 5) is 2.48. The fourth-order valence-electron chi connectivity index (χ4n) is 11.9. The second kappa shape index (κ2) is 15.3. The minimum absolute atomic E-state index is 0.0159. The SMILES string of the molecule is CC1(C)c2ccccc2-c2cc(-c3cccc4c3-c3ccc(N(c5ccc(-c6cc7ccccc7cc6-c6ccccc6)cc5)c5ccc(C6CCCCC6)cc5)cc3C4(C)C)ccc21. The summed E-state index contributed by atoms with van der Waals surface area (Å²) in [5.41, 5.74) is 23.3. The van der Waals surface area contributed by atoms with Gasteiger partial charge in [0.15, 0.2) is 0 Å². The van der Waals surface area contributed by atoms with Crippen LogP contribution in [0.4, 0.5) is 17.1 Å². The van der Waals surface area contributed by atoms with Crippen LogP contribution in [0.15, 0.2) is 194 Å². The van der Waals surface area contributed by atoms with Gasteiger partial charge in [-0.05, 0) is 168 Å². The number of hydrogen-bond donors (Lipinski definition) is 0. The molecule has 12 rings (SSSR count). The maximum Gasteiger partial charge on any atom is 0.0465 e. The molecule has 1 saturated carbocycles. The van der Waals surface area contributed by atoms with Crippen LogP contribution in [-0.4, -0.2) is 0 Å². The summed E-state index contributed by atoms with van der Waals surface area (Å²) in [6.45, 7) is 9.56. The van der Waals surface area contributed by atoms with E-state index >= 15 is 0 Å². The van der Waals surface area contributed by atoms with Gasteiger partial charge in [0.1, 0.15) is 0 Å². The van der Waals surface area contributed by atoms with E-state index in [2.05, 4.69) is 227 Å². The number of rotatable bonds is 7. The van der Waals surface area contributed by atoms with Gasteiger partial charge in [0.25, 0.3) is 0 Å². The molecule has 9 aromatic rings. The molecule has 0 amide bonds. The molecular formula is C64H55N. The minimum Gasteiger partial charge on any atom is -0.310 e. The molecule has 1 heteroatoms. The van der Waals surface area contributed by atoms with Crippen molar-refractivity contribution in [3.05, 3.63) is 222 Å². The second-order valence-electron chi connectivity index (χ2n) is 19.9. The topological polar surface area (TPSA) is 3.24 Å². The molecule has 0 aromatic heterocycles. The van der Waals surface area contributed by atoms with Crippen LogP contribution in [0.3, 0.4) is 0 Å². The van der Waals surface area contributed by atoms with E-state index in [1.54, 1.807) is 0 Å². The van der Waals surface area contributed by atoms with E-state index in [-0.39, 0.29) is 10.8 Å². The van der Waals surface area contributed by atoms with Gasteiger partial charge in [-0.2, -0.15) is 0 Å². The van der Waals surface area contributed by atoms with Crippen molar-refractivity contribution in [1.82, 2.24) is 0 Å². The summed E-state index contributed by atoms with van der Waals surface area (Å²) in [7, 11) is 0. The number of benzene rings is 9. The summed E-state index contributed by atoms with van der Waals surface area (Å²) in [5, 5.41) is 2.51. The fourth-order valence-corrected chi connectivity index (χ4v) is 11.9. The van der Waals surface area contributed by atoms with Crippen molar-refractivity contribution in [3.63, 3.8) is 0 Å². The molecule has 0 heterocycles. The first-order valence-corrected chi connectivity index (χ1v) is 23.9. The van der Waals surface area contributed by atoms with Gasteiger partial charge in [0, 0.05) is 27.9 Å². The lowest BCUT2D eigenvalue weighted by Crippen LogP contribution is -2.16. The molecular weight excluding hydrogens is 783 g/mol. The second-order valence-corrected chi connectivity index (χ2v) is 19.9. The largest absolute Gasteiger partial charge is 0.310 e. The van der Waals surface area contributed by atoms with Crippen LogP contribution >= 0.6 is 0 Å². The molecule has 0 bridgehead atoms. The molecule has 0 unspecified atom stereocenters. The zero-order valence-electron chi connectivity index (χ0n) is 38.0. The lowest BCUT2D eigenvalue weighted by atomic mass is 9.81. The van der Waals surface area contributed by atoms with Crippen LogP contribution in [0, 0.1) is 0 Å². The Morgan fingerprint density at radius 1 is 0.354 bits per heavy atom. The molecule has 65 heavy (non-hydrogen) atoms. The fraction of sp³-hybridized carbons (Fsp3) is 0.188. The Morgan fingerprint density at radius 3 is 1.63 bits per heavy atom. The molecule has 0 atom stereocenters. The van der Waals surface area contributed by atoms with Gasteiger partial charge < -0.3 is 4.90 Å². The molecule has 316 valence electrons. The van der Waals surface area contributed by atoms with Gasteiger partial charge in [-0.3, -0.25) is 0 Å². The van der Waals surface area contributed by atoms with Crippen LogP contribution in [0.1, 0.15) is 93.5 Å². The third-order valence-corrected chi connectivity index (χ3v) is 15.5. The Bertz CT molecular complexity index is 3270. The summed E-state index contributed by atoms with van der Waals surface area (Å²) in [6.07, 6.45) is 6.63. The van der Waals surface area contributed by atoms with Crippen molar-refractivity contribution < 1.29 is 0 Å². The minimum atomic E-state index is -0.188. The Labute approximate surface area is 385 Å². The zero-order chi connectivity index (χ0) is 43.9. The van der Waals surface area contributed by atoms with Crippen molar-refractivity contribution in [3.8, 4) is 55.6 Å². The third kappa shape index (κ3) is 6.50. The molecule has 0 spiro atoms. The molecule has 1 nitrogen and oxygen atoms in total. The van der Waals surface area contributed by atoms with Gasteiger partial charge in [0.2, 0.25) is 0 Å². The van der Waals surface area contributed by atoms with Crippen LogP contribution in [0.5, 0.6) is 0 Å². The molecule has 1 fully saturated rings. The summed E-state index contributed by atoms with van der Waals surface area (Å²) < 4.78 is 0. The number of hydrogen-bond acceptors (Lipinski definition) is 1. The van der Waals surface area contributed by atoms with E-state index in [4.69, 9.17) is 0 Å². The van der Waals surface area contributed by atoms with E-state index in [0.717, 1.165) is 5.69 Å². The molecule has 0 radical (unpaired) electrons. The maximum atomic E-state index is 2.49. The number of fused-ring (bicyclic) bond motifs is 7. The molecule has 0 N–H and O–H groups in total. The lowest BCUT2D eigenvalue weighted by molar-refractivity contribution is 0.443. The molecule has 3 aliphatic rings. The highest BCUT2D eigenvalue weighted by Crippen LogP contribution is 2.55. The Kier molecular flexibility index (Phi) is 9.35. The smallest absolute Gasteiger partial charge is 0.0465 e. The van der Waals surface area contributed by atoms with Crippen LogP contribution in [0.25, 0.3) is 66.4 Å². The van der Waals surface area contributed by atoms with Crippen molar-refractivity contribution in [2.45, 2.75) is 76.5 Å². The summed E-state index contributed by atoms with van der Waals surface area (Å²) in [5.74, 6) is 0.659. The first kappa shape index (κ1) is 39.6. The average molecular weight is 838 g/mol. The number of nitrogens with zero attached hydrogens (tertiary/aromatic N) is 1. The molecule has 9 aromatic carbocycles. The lowest BCUT2D eigenvalue weighted by Gasteiger charge is -2.29. The molecule has 0 aliphatic heterocycles.